The maximum atomic E-state index is 14.0. The van der Waals surface area contributed by atoms with Crippen molar-refractivity contribution >= 4 is 113 Å². The number of likely N-dealkylation sites (tertiary alicyclic amines) is 3. The molecule has 3 fully saturated rings. The zero-order valence-electron chi connectivity index (χ0n) is 52.9. The summed E-state index contributed by atoms with van der Waals surface area (Å²) in [6.07, 6.45) is 8.85. The van der Waals surface area contributed by atoms with Crippen LogP contribution in [0.2, 0.25) is 0 Å². The van der Waals surface area contributed by atoms with Gasteiger partial charge in [0.2, 0.25) is 0 Å². The quantitative estimate of drug-likeness (QED) is 0.110. The number of nitrogens with zero attached hydrogens (tertiary/aromatic N) is 3. The summed E-state index contributed by atoms with van der Waals surface area (Å²) < 4.78 is 21.5. The largest absolute Gasteiger partial charge is 0.492 e. The number of Topliss-reactive ketones (excluding diaryl/α,β-unsaturated/α-hetero) is 1. The number of rotatable bonds is 10. The molecular formula is C74H78N6O7S6. The van der Waals surface area contributed by atoms with Gasteiger partial charge in [-0.1, -0.05) is 105 Å². The van der Waals surface area contributed by atoms with Crippen LogP contribution in [0.1, 0.15) is 143 Å². The molecule has 16 rings (SSSR count). The smallest absolute Gasteiger partial charge is 0.264 e. The van der Waals surface area contributed by atoms with Gasteiger partial charge in [0, 0.05) is 126 Å². The van der Waals surface area contributed by atoms with E-state index in [4.69, 9.17) is 31.4 Å². The molecule has 19 heteroatoms. The molecule has 3 saturated heterocycles. The number of amides is 3. The van der Waals surface area contributed by atoms with Gasteiger partial charge in [0.05, 0.1) is 42.0 Å². The van der Waals surface area contributed by atoms with Crippen molar-refractivity contribution in [3.63, 3.8) is 0 Å². The lowest BCUT2D eigenvalue weighted by atomic mass is 9.73. The first-order chi connectivity index (χ1) is 45.1. The van der Waals surface area contributed by atoms with Crippen molar-refractivity contribution < 1.29 is 33.4 Å². The van der Waals surface area contributed by atoms with Crippen LogP contribution in [0.3, 0.4) is 0 Å². The highest BCUT2D eigenvalue weighted by Crippen LogP contribution is 2.51. The van der Waals surface area contributed by atoms with E-state index in [2.05, 4.69) is 74.0 Å². The number of thioether (sulfide) groups is 2. The summed E-state index contributed by atoms with van der Waals surface area (Å²) in [4.78, 5) is 62.1. The van der Waals surface area contributed by atoms with Crippen LogP contribution in [0.4, 0.5) is 0 Å². The lowest BCUT2D eigenvalue weighted by Gasteiger charge is -2.39. The molecule has 5 aromatic carbocycles. The van der Waals surface area contributed by atoms with Crippen molar-refractivity contribution in [2.24, 2.45) is 22.6 Å². The van der Waals surface area contributed by atoms with E-state index < -0.39 is 0 Å². The fourth-order valence-corrected chi connectivity index (χ4v) is 21.5. The fraction of sp³-hybridized carbons (Fsp3) is 0.378. The maximum Gasteiger partial charge on any atom is 0.264 e. The summed E-state index contributed by atoms with van der Waals surface area (Å²) >= 11 is 9.87. The number of hydrogen-bond acceptors (Lipinski definition) is 16. The van der Waals surface area contributed by atoms with Crippen LogP contribution in [0, 0.1) is 5.41 Å². The number of benzene rings is 5. The van der Waals surface area contributed by atoms with Crippen molar-refractivity contribution in [1.82, 2.24) is 14.7 Å². The molecule has 6 N–H and O–H groups in total. The van der Waals surface area contributed by atoms with Crippen LogP contribution in [0.15, 0.2) is 135 Å². The molecule has 3 amide bonds. The lowest BCUT2D eigenvalue weighted by Crippen LogP contribution is -2.46. The van der Waals surface area contributed by atoms with Crippen LogP contribution in [0.5, 0.6) is 17.2 Å². The Balaban J connectivity index is 0.000000123. The number of nitrogens with two attached hydrogens (primary N) is 3. The number of carbonyl (C=O) groups excluding carboxylic acids is 4. The maximum absolute atomic E-state index is 14.0. The average Bonchev–Trinajstić information content (AvgIpc) is 1.67. The molecule has 7 aliphatic rings. The molecule has 10 heterocycles. The molecule has 0 atom stereocenters. The Bertz CT molecular complexity index is 4290. The van der Waals surface area contributed by atoms with Gasteiger partial charge in [-0.3, -0.25) is 19.2 Å². The number of fused-ring (bicyclic) bond motifs is 9. The molecule has 6 aliphatic heterocycles. The van der Waals surface area contributed by atoms with Gasteiger partial charge in [-0.15, -0.1) is 68.9 Å². The summed E-state index contributed by atoms with van der Waals surface area (Å²) in [5.41, 5.74) is 27.6. The Labute approximate surface area is 568 Å². The Morgan fingerprint density at radius 1 is 0.527 bits per heavy atom. The molecule has 482 valence electrons. The van der Waals surface area contributed by atoms with Crippen LogP contribution in [-0.4, -0.2) is 104 Å². The van der Waals surface area contributed by atoms with Gasteiger partial charge < -0.3 is 46.1 Å². The summed E-state index contributed by atoms with van der Waals surface area (Å²) in [7, 11) is 0. The Kier molecular flexibility index (Phi) is 18.0. The zero-order chi connectivity index (χ0) is 64.2. The second-order valence-electron chi connectivity index (χ2n) is 26.7. The minimum absolute atomic E-state index is 0.0131. The van der Waals surface area contributed by atoms with E-state index in [0.29, 0.717) is 59.0 Å². The van der Waals surface area contributed by atoms with Crippen LogP contribution in [-0.2, 0) is 48.1 Å². The molecule has 4 aromatic heterocycles. The highest BCUT2D eigenvalue weighted by atomic mass is 32.2. The molecule has 0 unspecified atom stereocenters. The molecular weight excluding hydrogens is 1280 g/mol. The summed E-state index contributed by atoms with van der Waals surface area (Å²) in [5, 5.41) is 5.53. The molecule has 0 radical (unpaired) electrons. The van der Waals surface area contributed by atoms with Crippen molar-refractivity contribution in [2.45, 2.75) is 115 Å². The number of hydrogen-bond donors (Lipinski definition) is 3. The number of piperidine rings is 3. The first-order valence-corrected chi connectivity index (χ1v) is 37.8. The normalized spacial score (nSPS) is 18.4. The van der Waals surface area contributed by atoms with E-state index in [1.165, 1.54) is 52.6 Å². The van der Waals surface area contributed by atoms with Crippen LogP contribution < -0.4 is 31.4 Å². The molecule has 0 saturated carbocycles. The molecule has 13 nitrogen and oxygen atoms in total. The second kappa shape index (κ2) is 26.2. The first kappa shape index (κ1) is 63.9. The van der Waals surface area contributed by atoms with Gasteiger partial charge in [0.25, 0.3) is 17.7 Å². The van der Waals surface area contributed by atoms with Crippen LogP contribution >= 0.6 is 68.9 Å². The predicted molar refractivity (Wildman–Crippen MR) is 380 cm³/mol. The Hall–Kier alpha value is -6.52. The van der Waals surface area contributed by atoms with E-state index in [9.17, 15) is 19.2 Å². The van der Waals surface area contributed by atoms with Crippen molar-refractivity contribution in [1.29, 1.82) is 0 Å². The minimum Gasteiger partial charge on any atom is -0.492 e. The highest BCUT2D eigenvalue weighted by molar-refractivity contribution is 8.01. The molecule has 3 spiro atoms. The number of ether oxygens (including phenoxy) is 3. The molecule has 93 heavy (non-hydrogen) atoms. The molecule has 0 bridgehead atoms. The first-order valence-electron chi connectivity index (χ1n) is 32.3. The van der Waals surface area contributed by atoms with E-state index >= 15 is 0 Å². The van der Waals surface area contributed by atoms with Gasteiger partial charge >= 0.3 is 0 Å². The highest BCUT2D eigenvalue weighted by Gasteiger charge is 2.48. The summed E-state index contributed by atoms with van der Waals surface area (Å²) in [6.45, 7) is 12.4. The Morgan fingerprint density at radius 2 is 1.00 bits per heavy atom. The zero-order valence-corrected chi connectivity index (χ0v) is 57.8. The molecule has 1 aliphatic carbocycles. The Morgan fingerprint density at radius 3 is 1.49 bits per heavy atom. The number of thiophene rings is 4. The fourth-order valence-electron chi connectivity index (χ4n) is 14.9. The van der Waals surface area contributed by atoms with E-state index in [0.717, 1.165) is 146 Å². The predicted octanol–water partition coefficient (Wildman–Crippen LogP) is 14.9. The van der Waals surface area contributed by atoms with Gasteiger partial charge in [0.1, 0.15) is 22.1 Å². The van der Waals surface area contributed by atoms with Crippen molar-refractivity contribution in [3.05, 3.63) is 191 Å². The monoisotopic (exact) mass is 1350 g/mol. The van der Waals surface area contributed by atoms with Crippen molar-refractivity contribution in [3.8, 4) is 17.2 Å². The summed E-state index contributed by atoms with van der Waals surface area (Å²) in [6, 6.07) is 41.5. The third-order valence-corrected chi connectivity index (χ3v) is 27.5. The van der Waals surface area contributed by atoms with E-state index in [-0.39, 0.29) is 45.2 Å². The van der Waals surface area contributed by atoms with Gasteiger partial charge in [-0.2, -0.15) is 0 Å². The topological polar surface area (TPSA) is 184 Å². The SMILES string of the molecule is CC1(C)CC(=O)c2c(SCc3ccccc3)sc(C(=O)N3CCC4(CC3)COc3ccc(CN)cc34)c2C1.CSc1sc(C(=O)N2CCC3(CC2)COc2ccc(CN)cc23)c2ccccc12.NCc1ccc2c(c1)C1(CCN(C(=O)c3cc4ccsc4s3)CC1)CO2. The minimum atomic E-state index is -0.140. The van der Waals surface area contributed by atoms with Gasteiger partial charge in [0.15, 0.2) is 5.78 Å². The second-order valence-corrected chi connectivity index (χ2v) is 33.3. The van der Waals surface area contributed by atoms with Crippen LogP contribution in [0.25, 0.3) is 20.2 Å². The third-order valence-electron chi connectivity index (χ3n) is 20.4. The van der Waals surface area contributed by atoms with E-state index in [1.54, 1.807) is 57.5 Å². The van der Waals surface area contributed by atoms with Gasteiger partial charge in [-0.05, 0) is 120 Å². The third kappa shape index (κ3) is 12.3. The van der Waals surface area contributed by atoms with Crippen molar-refractivity contribution in [2.75, 3.05) is 65.3 Å². The standard InChI is InChI=1S/C31H34N2O3S2.C23H24N2O2S2.C20H20N2O2S2/c1-30(2)15-22-26(24(34)16-30)29(37-18-20-6-4-3-5-7-20)38-27(22)28(35)33-12-10-31(11-13-33)19-36-25-9-8-21(17-32)14-23(25)31;1-28-22-17-5-3-2-4-16(17)20(29-22)21(26)25-10-8-23(9-11-25)14-27-19-7-6-15(13-24)12-18(19)23;21-11-13-1-2-16-15(9-13)20(12-24-16)4-6-22(7-5-20)18(23)17-10-14-3-8-25-19(14)26-17/h3-9,14H,10-13,15-19,32H2,1-2H3;2-7,12H,8-11,13-14,24H2,1H3;1-3,8-10H,4-7,11-12,21H2. The van der Waals surface area contributed by atoms with E-state index in [1.807, 2.05) is 87.5 Å². The van der Waals surface area contributed by atoms with Gasteiger partial charge in [-0.25, -0.2) is 0 Å². The summed E-state index contributed by atoms with van der Waals surface area (Å²) in [5.74, 6) is 4.29. The number of ketones is 1. The average molecular weight is 1360 g/mol. The lowest BCUT2D eigenvalue weighted by molar-refractivity contribution is 0.0643. The molecule has 9 aromatic rings. The number of carbonyl (C=O) groups is 4.